The number of fused-ring (bicyclic) bond motifs is 1. The number of hydrogen-bond acceptors (Lipinski definition) is 5. The Kier molecular flexibility index (Phi) is 4.01. The summed E-state index contributed by atoms with van der Waals surface area (Å²) >= 11 is 6.09. The Morgan fingerprint density at radius 2 is 2.08 bits per heavy atom. The molecule has 3 heterocycles. The Hall–Kier alpha value is -2.67. The first kappa shape index (κ1) is 15.8. The number of amides is 1. The van der Waals surface area contributed by atoms with Crippen LogP contribution in [0.25, 0.3) is 5.65 Å². The fraction of sp³-hybridized carbons (Fsp3) is 0.294. The minimum atomic E-state index is -0.143. The molecular weight excluding hydrogens is 340 g/mol. The summed E-state index contributed by atoms with van der Waals surface area (Å²) in [7, 11) is 0. The third-order valence-corrected chi connectivity index (χ3v) is 4.70. The fourth-order valence-electron chi connectivity index (χ4n) is 3.05. The summed E-state index contributed by atoms with van der Waals surface area (Å²) in [4.78, 5) is 14.5. The number of nitrogens with one attached hydrogen (secondary N) is 1. The molecule has 1 N–H and O–H groups in total. The van der Waals surface area contributed by atoms with Crippen LogP contribution in [0.2, 0.25) is 5.02 Å². The van der Waals surface area contributed by atoms with Gasteiger partial charge in [-0.3, -0.25) is 4.79 Å². The summed E-state index contributed by atoms with van der Waals surface area (Å²) in [5.41, 5.74) is 1.23. The van der Waals surface area contributed by atoms with Crippen molar-refractivity contribution in [3.8, 4) is 0 Å². The number of halogens is 1. The van der Waals surface area contributed by atoms with Crippen LogP contribution < -0.4 is 10.2 Å². The van der Waals surface area contributed by atoms with Crippen molar-refractivity contribution >= 4 is 29.0 Å². The highest BCUT2D eigenvalue weighted by Gasteiger charge is 2.26. The van der Waals surface area contributed by atoms with Gasteiger partial charge in [0.2, 0.25) is 0 Å². The van der Waals surface area contributed by atoms with Gasteiger partial charge in [0.1, 0.15) is 5.82 Å². The van der Waals surface area contributed by atoms with Crippen LogP contribution in [-0.2, 0) is 0 Å². The largest absolute Gasteiger partial charge is 0.353 e. The zero-order valence-corrected chi connectivity index (χ0v) is 14.4. The number of rotatable bonds is 3. The minimum Gasteiger partial charge on any atom is -0.353 e. The number of aryl methyl sites for hydroxylation is 1. The summed E-state index contributed by atoms with van der Waals surface area (Å²) in [6.07, 6.45) is 0.858. The highest BCUT2D eigenvalue weighted by atomic mass is 35.5. The maximum atomic E-state index is 12.4. The van der Waals surface area contributed by atoms with E-state index in [-0.39, 0.29) is 11.9 Å². The molecule has 128 valence electrons. The summed E-state index contributed by atoms with van der Waals surface area (Å²) in [6.45, 7) is 3.40. The van der Waals surface area contributed by atoms with Gasteiger partial charge in [0.15, 0.2) is 11.5 Å². The van der Waals surface area contributed by atoms with Crippen molar-refractivity contribution in [3.05, 3.63) is 52.8 Å². The van der Waals surface area contributed by atoms with Gasteiger partial charge in [0.25, 0.3) is 5.91 Å². The van der Waals surface area contributed by atoms with Crippen LogP contribution in [0.5, 0.6) is 0 Å². The molecule has 3 aromatic rings. The molecule has 0 radical (unpaired) electrons. The highest BCUT2D eigenvalue weighted by molar-refractivity contribution is 6.33. The van der Waals surface area contributed by atoms with Gasteiger partial charge in [0.05, 0.1) is 10.6 Å². The Bertz CT molecular complexity index is 940. The Balaban J connectivity index is 1.46. The van der Waals surface area contributed by atoms with E-state index in [9.17, 15) is 4.79 Å². The second kappa shape index (κ2) is 6.33. The SMILES string of the molecule is Cc1nnc2ccc(N3CCC(NC(=O)c4ccccc4Cl)C3)nn12. The first-order valence-corrected chi connectivity index (χ1v) is 8.49. The van der Waals surface area contributed by atoms with E-state index in [1.165, 1.54) is 0 Å². The second-order valence-corrected chi connectivity index (χ2v) is 6.50. The van der Waals surface area contributed by atoms with Gasteiger partial charge in [-0.05, 0) is 37.6 Å². The van der Waals surface area contributed by atoms with Crippen LogP contribution in [0.15, 0.2) is 36.4 Å². The third-order valence-electron chi connectivity index (χ3n) is 4.37. The quantitative estimate of drug-likeness (QED) is 0.777. The second-order valence-electron chi connectivity index (χ2n) is 6.09. The molecule has 0 spiro atoms. The van der Waals surface area contributed by atoms with E-state index in [2.05, 4.69) is 25.5 Å². The number of anilines is 1. The van der Waals surface area contributed by atoms with Crippen LogP contribution in [0.4, 0.5) is 5.82 Å². The molecule has 25 heavy (non-hydrogen) atoms. The lowest BCUT2D eigenvalue weighted by Crippen LogP contribution is -2.37. The number of hydrogen-bond donors (Lipinski definition) is 1. The van der Waals surface area contributed by atoms with Gasteiger partial charge >= 0.3 is 0 Å². The predicted molar refractivity (Wildman–Crippen MR) is 95.1 cm³/mol. The standard InChI is InChI=1S/C17H17ClN6O/c1-11-20-21-15-6-7-16(22-24(11)15)23-9-8-12(10-23)19-17(25)13-4-2-3-5-14(13)18/h2-7,12H,8-10H2,1H3,(H,19,25). The summed E-state index contributed by atoms with van der Waals surface area (Å²) in [5.74, 6) is 1.46. The average molecular weight is 357 g/mol. The van der Waals surface area contributed by atoms with E-state index in [4.69, 9.17) is 11.6 Å². The molecule has 0 bridgehead atoms. The zero-order chi connectivity index (χ0) is 17.4. The normalized spacial score (nSPS) is 17.2. The molecule has 1 fully saturated rings. The van der Waals surface area contributed by atoms with Crippen LogP contribution in [-0.4, -0.2) is 44.8 Å². The number of carbonyl (C=O) groups excluding carboxylic acids is 1. The van der Waals surface area contributed by atoms with Crippen molar-refractivity contribution in [1.82, 2.24) is 25.1 Å². The molecule has 8 heteroatoms. The molecule has 7 nitrogen and oxygen atoms in total. The first-order valence-electron chi connectivity index (χ1n) is 8.11. The van der Waals surface area contributed by atoms with Crippen molar-refractivity contribution < 1.29 is 4.79 Å². The molecule has 1 saturated heterocycles. The molecule has 2 aromatic heterocycles. The fourth-order valence-corrected chi connectivity index (χ4v) is 3.27. The lowest BCUT2D eigenvalue weighted by molar-refractivity contribution is 0.0940. The van der Waals surface area contributed by atoms with Gasteiger partial charge in [-0.15, -0.1) is 15.3 Å². The van der Waals surface area contributed by atoms with Crippen LogP contribution in [0.1, 0.15) is 22.6 Å². The Morgan fingerprint density at radius 3 is 2.92 bits per heavy atom. The summed E-state index contributed by atoms with van der Waals surface area (Å²) in [5, 5.41) is 16.2. The van der Waals surface area contributed by atoms with Gasteiger partial charge in [-0.25, -0.2) is 0 Å². The number of benzene rings is 1. The molecule has 1 atom stereocenters. The van der Waals surface area contributed by atoms with Crippen molar-refractivity contribution in [2.75, 3.05) is 18.0 Å². The Labute approximate surface area is 149 Å². The van der Waals surface area contributed by atoms with Crippen LogP contribution in [0.3, 0.4) is 0 Å². The smallest absolute Gasteiger partial charge is 0.253 e. The van der Waals surface area contributed by atoms with Gasteiger partial charge in [0, 0.05) is 19.1 Å². The molecule has 1 amide bonds. The molecule has 1 aromatic carbocycles. The van der Waals surface area contributed by atoms with Gasteiger partial charge in [-0.2, -0.15) is 4.52 Å². The van der Waals surface area contributed by atoms with Crippen molar-refractivity contribution in [3.63, 3.8) is 0 Å². The zero-order valence-electron chi connectivity index (χ0n) is 13.7. The van der Waals surface area contributed by atoms with E-state index >= 15 is 0 Å². The van der Waals surface area contributed by atoms with E-state index in [0.717, 1.165) is 30.3 Å². The maximum Gasteiger partial charge on any atom is 0.253 e. The minimum absolute atomic E-state index is 0.0586. The topological polar surface area (TPSA) is 75.4 Å². The van der Waals surface area contributed by atoms with E-state index in [0.29, 0.717) is 17.1 Å². The molecule has 1 unspecified atom stereocenters. The number of carbonyl (C=O) groups is 1. The van der Waals surface area contributed by atoms with Crippen LogP contribution in [0, 0.1) is 6.92 Å². The number of aromatic nitrogens is 4. The third kappa shape index (κ3) is 3.02. The molecule has 4 rings (SSSR count). The lowest BCUT2D eigenvalue weighted by Gasteiger charge is -2.18. The summed E-state index contributed by atoms with van der Waals surface area (Å²) in [6, 6.07) is 11.0. The van der Waals surface area contributed by atoms with E-state index < -0.39 is 0 Å². The Morgan fingerprint density at radius 1 is 1.24 bits per heavy atom. The van der Waals surface area contributed by atoms with E-state index in [1.54, 1.807) is 16.6 Å². The molecule has 1 aliphatic rings. The van der Waals surface area contributed by atoms with Gasteiger partial charge < -0.3 is 10.2 Å². The number of nitrogens with zero attached hydrogens (tertiary/aromatic N) is 5. The van der Waals surface area contributed by atoms with Crippen molar-refractivity contribution in [1.29, 1.82) is 0 Å². The maximum absolute atomic E-state index is 12.4. The molecular formula is C17H17ClN6O. The predicted octanol–water partition coefficient (Wildman–Crippen LogP) is 2.09. The van der Waals surface area contributed by atoms with Crippen LogP contribution >= 0.6 is 11.6 Å². The molecule has 1 aliphatic heterocycles. The molecule has 0 aliphatic carbocycles. The molecule has 0 saturated carbocycles. The van der Waals surface area contributed by atoms with Gasteiger partial charge in [-0.1, -0.05) is 23.7 Å². The highest BCUT2D eigenvalue weighted by Crippen LogP contribution is 2.20. The van der Waals surface area contributed by atoms with Crippen molar-refractivity contribution in [2.45, 2.75) is 19.4 Å². The van der Waals surface area contributed by atoms with E-state index in [1.807, 2.05) is 31.2 Å². The summed E-state index contributed by atoms with van der Waals surface area (Å²) < 4.78 is 1.73. The average Bonchev–Trinajstić information content (AvgIpc) is 3.22. The van der Waals surface area contributed by atoms with Crippen molar-refractivity contribution in [2.24, 2.45) is 0 Å². The lowest BCUT2D eigenvalue weighted by atomic mass is 10.2. The first-order chi connectivity index (χ1) is 12.1. The monoisotopic (exact) mass is 356 g/mol.